The Morgan fingerprint density at radius 3 is 2.68 bits per heavy atom. The zero-order valence-corrected chi connectivity index (χ0v) is 15.4. The molecule has 6 heteroatoms. The predicted molar refractivity (Wildman–Crippen MR) is 95.3 cm³/mol. The minimum atomic E-state index is -0.607. The quantitative estimate of drug-likeness (QED) is 0.604. The van der Waals surface area contributed by atoms with Gasteiger partial charge in [-0.05, 0) is 19.4 Å². The van der Waals surface area contributed by atoms with Crippen LogP contribution in [0.25, 0.3) is 0 Å². The van der Waals surface area contributed by atoms with Crippen LogP contribution >= 0.6 is 0 Å². The first kappa shape index (κ1) is 18.5. The molecule has 0 bridgehead atoms. The van der Waals surface area contributed by atoms with Gasteiger partial charge in [-0.2, -0.15) is 5.26 Å². The largest absolute Gasteiger partial charge is 0.361 e. The van der Waals surface area contributed by atoms with Crippen LogP contribution in [-0.2, 0) is 9.59 Å². The van der Waals surface area contributed by atoms with Crippen molar-refractivity contribution in [1.29, 1.82) is 5.26 Å². The first-order valence-corrected chi connectivity index (χ1v) is 8.19. The van der Waals surface area contributed by atoms with Crippen LogP contribution < -0.4 is 10.7 Å². The lowest BCUT2D eigenvalue weighted by atomic mass is 9.87. The number of nitrogens with one attached hydrogen (secondary N) is 2. The Kier molecular flexibility index (Phi) is 5.17. The van der Waals surface area contributed by atoms with Gasteiger partial charge in [-0.25, -0.2) is 0 Å². The molecule has 2 rings (SSSR count). The molecule has 0 aromatic heterocycles. The van der Waals surface area contributed by atoms with Crippen LogP contribution in [0.3, 0.4) is 0 Å². The van der Waals surface area contributed by atoms with Crippen LogP contribution in [-0.4, -0.2) is 23.1 Å². The Balaban J connectivity index is 2.06. The molecule has 0 aromatic carbocycles. The number of allylic oxidation sites excluding steroid dienone is 4. The van der Waals surface area contributed by atoms with Crippen LogP contribution in [0.4, 0.5) is 0 Å². The Hall–Kier alpha value is -2.81. The summed E-state index contributed by atoms with van der Waals surface area (Å²) >= 11 is 0. The van der Waals surface area contributed by atoms with Gasteiger partial charge in [0.1, 0.15) is 11.6 Å². The second-order valence-corrected chi connectivity index (χ2v) is 7.36. The van der Waals surface area contributed by atoms with Gasteiger partial charge in [0, 0.05) is 30.3 Å². The number of hydrazine groups is 1. The van der Waals surface area contributed by atoms with E-state index in [1.165, 1.54) is 6.20 Å². The predicted octanol–water partition coefficient (Wildman–Crippen LogP) is 2.45. The lowest BCUT2D eigenvalue weighted by Gasteiger charge is -2.26. The molecule has 1 heterocycles. The van der Waals surface area contributed by atoms with Crippen LogP contribution in [0.5, 0.6) is 0 Å². The zero-order chi connectivity index (χ0) is 18.8. The van der Waals surface area contributed by atoms with E-state index in [0.717, 1.165) is 22.5 Å². The van der Waals surface area contributed by atoms with E-state index in [9.17, 15) is 14.9 Å². The molecule has 2 N–H and O–H groups in total. The highest BCUT2D eigenvalue weighted by atomic mass is 16.1. The fourth-order valence-electron chi connectivity index (χ4n) is 2.58. The fourth-order valence-corrected chi connectivity index (χ4v) is 2.58. The molecule has 0 amide bonds. The van der Waals surface area contributed by atoms with Crippen molar-refractivity contribution in [2.75, 3.05) is 6.54 Å². The fraction of sp³-hybridized carbons (Fsp3) is 0.421. The van der Waals surface area contributed by atoms with Crippen molar-refractivity contribution in [3.05, 3.63) is 46.6 Å². The van der Waals surface area contributed by atoms with Crippen LogP contribution in [0, 0.1) is 16.7 Å². The number of carbonyl (C=O) groups excluding carboxylic acids is 2. The molecule has 6 nitrogen and oxygen atoms in total. The molecule has 0 saturated heterocycles. The van der Waals surface area contributed by atoms with Crippen molar-refractivity contribution in [1.82, 2.24) is 15.8 Å². The number of hydrogen-bond acceptors (Lipinski definition) is 6. The number of ketones is 2. The summed E-state index contributed by atoms with van der Waals surface area (Å²) in [6.07, 6.45) is 5.31. The van der Waals surface area contributed by atoms with E-state index in [1.54, 1.807) is 33.0 Å². The van der Waals surface area contributed by atoms with E-state index in [-0.39, 0.29) is 17.1 Å². The molecule has 0 spiro atoms. The van der Waals surface area contributed by atoms with Gasteiger partial charge < -0.3 is 10.7 Å². The SMILES string of the molecule is CC1=C(C)C(N2CC(NC=C(C#N)C(=O)C(C)(C)C)=CN2)=CC(=O)C1. The third-order valence-corrected chi connectivity index (χ3v) is 4.22. The normalized spacial score (nSPS) is 18.5. The summed E-state index contributed by atoms with van der Waals surface area (Å²) in [7, 11) is 0. The number of nitriles is 1. The molecule has 25 heavy (non-hydrogen) atoms. The molecule has 2 aliphatic rings. The second-order valence-electron chi connectivity index (χ2n) is 7.36. The lowest BCUT2D eigenvalue weighted by Crippen LogP contribution is -2.32. The molecule has 132 valence electrons. The zero-order valence-electron chi connectivity index (χ0n) is 15.4. The molecule has 0 fully saturated rings. The van der Waals surface area contributed by atoms with E-state index in [0.29, 0.717) is 13.0 Å². The molecule has 0 atom stereocenters. The topological polar surface area (TPSA) is 85.2 Å². The summed E-state index contributed by atoms with van der Waals surface area (Å²) in [5, 5.41) is 14.1. The lowest BCUT2D eigenvalue weighted by molar-refractivity contribution is -0.122. The van der Waals surface area contributed by atoms with E-state index in [1.807, 2.05) is 24.9 Å². The smallest absolute Gasteiger partial charge is 0.180 e. The summed E-state index contributed by atoms with van der Waals surface area (Å²) < 4.78 is 0. The van der Waals surface area contributed by atoms with Crippen molar-refractivity contribution < 1.29 is 9.59 Å². The van der Waals surface area contributed by atoms with Gasteiger partial charge in [0.15, 0.2) is 11.6 Å². The average Bonchev–Trinajstić information content (AvgIpc) is 2.99. The van der Waals surface area contributed by atoms with Crippen LogP contribution in [0.15, 0.2) is 46.6 Å². The minimum absolute atomic E-state index is 0.0868. The highest BCUT2D eigenvalue weighted by Gasteiger charge is 2.26. The molecule has 0 aromatic rings. The molecule has 0 radical (unpaired) electrons. The number of rotatable bonds is 4. The molecule has 1 aliphatic heterocycles. The first-order valence-electron chi connectivity index (χ1n) is 8.19. The van der Waals surface area contributed by atoms with E-state index in [2.05, 4.69) is 10.7 Å². The summed E-state index contributed by atoms with van der Waals surface area (Å²) in [6, 6.07) is 1.95. The summed E-state index contributed by atoms with van der Waals surface area (Å²) in [6.45, 7) is 9.80. The Labute approximate surface area is 148 Å². The van der Waals surface area contributed by atoms with Crippen molar-refractivity contribution in [2.45, 2.75) is 41.0 Å². The highest BCUT2D eigenvalue weighted by molar-refractivity contribution is 6.02. The van der Waals surface area contributed by atoms with E-state index < -0.39 is 5.41 Å². The first-order chi connectivity index (χ1) is 11.6. The Morgan fingerprint density at radius 1 is 1.40 bits per heavy atom. The maximum absolute atomic E-state index is 12.2. The Morgan fingerprint density at radius 2 is 2.08 bits per heavy atom. The average molecular weight is 340 g/mol. The van der Waals surface area contributed by atoms with Gasteiger partial charge in [-0.3, -0.25) is 14.6 Å². The number of hydrogen-bond donors (Lipinski definition) is 2. The second kappa shape index (κ2) is 6.98. The number of carbonyl (C=O) groups is 2. The van der Waals surface area contributed by atoms with Crippen LogP contribution in [0.1, 0.15) is 41.0 Å². The minimum Gasteiger partial charge on any atom is -0.361 e. The van der Waals surface area contributed by atoms with E-state index in [4.69, 9.17) is 0 Å². The van der Waals surface area contributed by atoms with E-state index >= 15 is 0 Å². The standard InChI is InChI=1S/C19H24N4O2/c1-12-6-16(24)7-17(13(12)2)23-11-15(10-22-23)21-9-14(8-20)18(25)19(3,4)5/h7,9-10,21-22H,6,11H2,1-5H3. The third-order valence-electron chi connectivity index (χ3n) is 4.22. The molecular formula is C19H24N4O2. The summed E-state index contributed by atoms with van der Waals surface area (Å²) in [5.41, 5.74) is 6.38. The van der Waals surface area contributed by atoms with Gasteiger partial charge in [0.25, 0.3) is 0 Å². The number of Topliss-reactive ketones (excluding diaryl/α,β-unsaturated/α-hetero) is 1. The molecule has 0 unspecified atom stereocenters. The van der Waals surface area contributed by atoms with Gasteiger partial charge in [-0.1, -0.05) is 26.3 Å². The molecule has 1 aliphatic carbocycles. The van der Waals surface area contributed by atoms with Crippen LogP contribution in [0.2, 0.25) is 0 Å². The van der Waals surface area contributed by atoms with Crippen molar-refractivity contribution in [2.24, 2.45) is 5.41 Å². The van der Waals surface area contributed by atoms with Gasteiger partial charge in [-0.15, -0.1) is 0 Å². The van der Waals surface area contributed by atoms with Crippen molar-refractivity contribution in [3.8, 4) is 6.07 Å². The third kappa shape index (κ3) is 4.18. The van der Waals surface area contributed by atoms with Gasteiger partial charge in [0.2, 0.25) is 0 Å². The highest BCUT2D eigenvalue weighted by Crippen LogP contribution is 2.26. The van der Waals surface area contributed by atoms with Crippen molar-refractivity contribution in [3.63, 3.8) is 0 Å². The molecule has 0 saturated carbocycles. The van der Waals surface area contributed by atoms with Crippen molar-refractivity contribution >= 4 is 11.6 Å². The Bertz CT molecular complexity index is 770. The summed E-state index contributed by atoms with van der Waals surface area (Å²) in [5.74, 6) is -0.121. The molecular weight excluding hydrogens is 316 g/mol. The van der Waals surface area contributed by atoms with Gasteiger partial charge >= 0.3 is 0 Å². The number of nitrogens with zero attached hydrogens (tertiary/aromatic N) is 2. The van der Waals surface area contributed by atoms with Gasteiger partial charge in [0.05, 0.1) is 17.9 Å². The maximum atomic E-state index is 12.2. The monoisotopic (exact) mass is 340 g/mol. The summed E-state index contributed by atoms with van der Waals surface area (Å²) in [4.78, 5) is 24.0. The maximum Gasteiger partial charge on any atom is 0.180 e.